The van der Waals surface area contributed by atoms with Crippen LogP contribution in [0.15, 0.2) is 17.7 Å². The van der Waals surface area contributed by atoms with Gasteiger partial charge in [0.25, 0.3) is 0 Å². The molecule has 0 radical (unpaired) electrons. The summed E-state index contributed by atoms with van der Waals surface area (Å²) in [6.07, 6.45) is 3.16. The molecule has 0 aromatic heterocycles. The van der Waals surface area contributed by atoms with Crippen LogP contribution in [0.4, 0.5) is 0 Å². The number of nitrogens with one attached hydrogen (secondary N) is 1. The molecular formula is C22H34ClNO3. The molecule has 0 saturated heterocycles. The predicted octanol–water partition coefficient (Wildman–Crippen LogP) is 4.14. The van der Waals surface area contributed by atoms with E-state index in [4.69, 9.17) is 4.74 Å². The van der Waals surface area contributed by atoms with Crippen molar-refractivity contribution in [1.82, 2.24) is 5.32 Å². The summed E-state index contributed by atoms with van der Waals surface area (Å²) < 4.78 is 6.40. The lowest BCUT2D eigenvalue weighted by molar-refractivity contribution is -0.00593. The number of fused-ring (bicyclic) bond motifs is 2. The van der Waals surface area contributed by atoms with E-state index >= 15 is 0 Å². The Hall–Kier alpha value is -1.07. The van der Waals surface area contributed by atoms with Gasteiger partial charge in [-0.05, 0) is 88.6 Å². The van der Waals surface area contributed by atoms with Crippen molar-refractivity contribution in [1.29, 1.82) is 0 Å². The Morgan fingerprint density at radius 2 is 1.81 bits per heavy atom. The average molecular weight is 396 g/mol. The second kappa shape index (κ2) is 8.52. The van der Waals surface area contributed by atoms with Crippen molar-refractivity contribution in [2.75, 3.05) is 0 Å². The summed E-state index contributed by atoms with van der Waals surface area (Å²) >= 11 is 0. The summed E-state index contributed by atoms with van der Waals surface area (Å²) in [7, 11) is 0. The van der Waals surface area contributed by atoms with E-state index in [2.05, 4.69) is 38.2 Å². The van der Waals surface area contributed by atoms with Crippen LogP contribution in [0.5, 0.6) is 5.75 Å². The number of aliphatic hydroxyl groups is 2. The van der Waals surface area contributed by atoms with Gasteiger partial charge in [-0.25, -0.2) is 0 Å². The van der Waals surface area contributed by atoms with Crippen molar-refractivity contribution in [2.45, 2.75) is 90.7 Å². The molecule has 1 aromatic carbocycles. The Balaban J connectivity index is 0.00000261. The van der Waals surface area contributed by atoms with Gasteiger partial charge < -0.3 is 14.9 Å². The monoisotopic (exact) mass is 395 g/mol. The third kappa shape index (κ3) is 4.68. The summed E-state index contributed by atoms with van der Waals surface area (Å²) in [5.74, 6) is 0.921. The molecule has 0 amide bonds. The molecule has 2 unspecified atom stereocenters. The highest BCUT2D eigenvalue weighted by atomic mass is 35.5. The second-order valence-electron chi connectivity index (χ2n) is 8.61. The molecule has 0 saturated carbocycles. The van der Waals surface area contributed by atoms with Crippen LogP contribution in [0, 0.1) is 6.92 Å². The third-order valence-corrected chi connectivity index (χ3v) is 5.49. The Morgan fingerprint density at radius 3 is 2.48 bits per heavy atom. The number of hydrogen-bond donors (Lipinski definition) is 3. The summed E-state index contributed by atoms with van der Waals surface area (Å²) in [4.78, 5) is 0. The zero-order chi connectivity index (χ0) is 19.1. The van der Waals surface area contributed by atoms with E-state index in [1.54, 1.807) is 0 Å². The minimum Gasteiger partial charge on any atom is -0.483 e. The molecule has 0 spiro atoms. The molecule has 1 aliphatic heterocycles. The fourth-order valence-corrected chi connectivity index (χ4v) is 4.38. The molecule has 4 nitrogen and oxygen atoms in total. The molecule has 27 heavy (non-hydrogen) atoms. The quantitative estimate of drug-likeness (QED) is 0.656. The summed E-state index contributed by atoms with van der Waals surface area (Å²) in [5, 5.41) is 23.8. The van der Waals surface area contributed by atoms with Crippen LogP contribution in [0.3, 0.4) is 0 Å². The van der Waals surface area contributed by atoms with Gasteiger partial charge in [0.1, 0.15) is 17.6 Å². The van der Waals surface area contributed by atoms with E-state index in [1.165, 1.54) is 24.0 Å². The van der Waals surface area contributed by atoms with Crippen molar-refractivity contribution < 1.29 is 14.9 Å². The lowest BCUT2D eigenvalue weighted by atomic mass is 9.76. The fraction of sp³-hybridized carbons (Fsp3) is 0.636. The number of allylic oxidation sites excluding steroid dienone is 1. The van der Waals surface area contributed by atoms with Crippen LogP contribution in [0.25, 0.3) is 5.57 Å². The normalized spacial score (nSPS) is 20.3. The van der Waals surface area contributed by atoms with E-state index in [0.29, 0.717) is 6.42 Å². The van der Waals surface area contributed by atoms with Gasteiger partial charge in [0.05, 0.1) is 6.10 Å². The second-order valence-corrected chi connectivity index (χ2v) is 8.61. The molecule has 0 bridgehead atoms. The molecular weight excluding hydrogens is 362 g/mol. The maximum absolute atomic E-state index is 10.5. The van der Waals surface area contributed by atoms with Crippen molar-refractivity contribution in [2.24, 2.45) is 0 Å². The number of aryl methyl sites for hydroxylation is 1. The molecule has 1 heterocycles. The number of ether oxygens (including phenoxy) is 1. The van der Waals surface area contributed by atoms with Crippen molar-refractivity contribution in [3.05, 3.63) is 34.4 Å². The van der Waals surface area contributed by atoms with E-state index in [0.717, 1.165) is 35.3 Å². The molecule has 1 aromatic rings. The number of aliphatic hydroxyl groups excluding tert-OH is 2. The molecule has 0 fully saturated rings. The van der Waals surface area contributed by atoms with Gasteiger partial charge in [0, 0.05) is 18.0 Å². The molecule has 152 valence electrons. The summed E-state index contributed by atoms with van der Waals surface area (Å²) in [6, 6.07) is 4.35. The minimum atomic E-state index is -0.938. The maximum Gasteiger partial charge on any atom is 0.131 e. The SMILES string of the molecule is Cc1cc(CC(O)C(O)NC(C)C)c2c(c1)OC(C)(C)C1=C2CCCC1.Cl. The molecule has 2 atom stereocenters. The zero-order valence-electron chi connectivity index (χ0n) is 17.1. The minimum absolute atomic E-state index is 0. The average Bonchev–Trinajstić information content (AvgIpc) is 2.53. The molecule has 2 aliphatic rings. The highest BCUT2D eigenvalue weighted by Crippen LogP contribution is 2.48. The van der Waals surface area contributed by atoms with Gasteiger partial charge >= 0.3 is 0 Å². The first-order valence-corrected chi connectivity index (χ1v) is 9.86. The summed E-state index contributed by atoms with van der Waals surface area (Å²) in [6.45, 7) is 10.3. The fourth-order valence-electron chi connectivity index (χ4n) is 4.38. The lowest BCUT2D eigenvalue weighted by Crippen LogP contribution is -2.44. The highest BCUT2D eigenvalue weighted by molar-refractivity contribution is 5.85. The summed E-state index contributed by atoms with van der Waals surface area (Å²) in [5.41, 5.74) is 5.87. The Bertz CT molecular complexity index is 712. The van der Waals surface area contributed by atoms with E-state index in [-0.39, 0.29) is 24.0 Å². The largest absolute Gasteiger partial charge is 0.483 e. The number of benzene rings is 1. The van der Waals surface area contributed by atoms with Gasteiger partial charge in [0.15, 0.2) is 0 Å². The van der Waals surface area contributed by atoms with Crippen LogP contribution in [0.1, 0.15) is 70.1 Å². The molecule has 1 aliphatic carbocycles. The zero-order valence-corrected chi connectivity index (χ0v) is 17.9. The van der Waals surface area contributed by atoms with Crippen LogP contribution >= 0.6 is 12.4 Å². The van der Waals surface area contributed by atoms with Gasteiger partial charge in [-0.1, -0.05) is 6.07 Å². The van der Waals surface area contributed by atoms with E-state index in [1.807, 2.05) is 13.8 Å². The Morgan fingerprint density at radius 1 is 1.15 bits per heavy atom. The number of rotatable bonds is 5. The third-order valence-electron chi connectivity index (χ3n) is 5.49. The van der Waals surface area contributed by atoms with Crippen molar-refractivity contribution in [3.8, 4) is 5.75 Å². The molecule has 5 heteroatoms. The van der Waals surface area contributed by atoms with Crippen LogP contribution in [0.2, 0.25) is 0 Å². The predicted molar refractivity (Wildman–Crippen MR) is 113 cm³/mol. The van der Waals surface area contributed by atoms with Gasteiger partial charge in [-0.3, -0.25) is 5.32 Å². The number of hydrogen-bond acceptors (Lipinski definition) is 4. The Kier molecular flexibility index (Phi) is 7.01. The first kappa shape index (κ1) is 22.2. The van der Waals surface area contributed by atoms with Crippen LogP contribution in [-0.2, 0) is 6.42 Å². The van der Waals surface area contributed by atoms with Crippen LogP contribution < -0.4 is 10.1 Å². The van der Waals surface area contributed by atoms with E-state index < -0.39 is 12.3 Å². The highest BCUT2D eigenvalue weighted by Gasteiger charge is 2.37. The van der Waals surface area contributed by atoms with Crippen molar-refractivity contribution >= 4 is 18.0 Å². The van der Waals surface area contributed by atoms with Crippen molar-refractivity contribution in [3.63, 3.8) is 0 Å². The lowest BCUT2D eigenvalue weighted by Gasteiger charge is -2.40. The number of halogens is 1. The first-order chi connectivity index (χ1) is 12.2. The first-order valence-electron chi connectivity index (χ1n) is 9.86. The van der Waals surface area contributed by atoms with Crippen LogP contribution in [-0.4, -0.2) is 34.2 Å². The standard InChI is InChI=1S/C22H33NO3.ClH/c1-13(2)23-21(25)18(24)12-15-10-14(3)11-19-20(15)16-8-6-7-9-17(16)22(4,5)26-19;/h10-11,13,18,21,23-25H,6-9,12H2,1-5H3;1H. The van der Waals surface area contributed by atoms with E-state index in [9.17, 15) is 10.2 Å². The maximum atomic E-state index is 10.5. The molecule has 3 rings (SSSR count). The molecule has 3 N–H and O–H groups in total. The topological polar surface area (TPSA) is 61.7 Å². The smallest absolute Gasteiger partial charge is 0.131 e. The van der Waals surface area contributed by atoms with Gasteiger partial charge in [-0.15, -0.1) is 12.4 Å². The van der Waals surface area contributed by atoms with Gasteiger partial charge in [0.2, 0.25) is 0 Å². The Labute approximate surface area is 169 Å². The van der Waals surface area contributed by atoms with Gasteiger partial charge in [-0.2, -0.15) is 0 Å².